The Hall–Kier alpha value is -3.83. The number of aryl methyl sites for hydroxylation is 1. The summed E-state index contributed by atoms with van der Waals surface area (Å²) in [5.41, 5.74) is 2.45. The Balaban J connectivity index is 1.80. The number of benzene rings is 1. The maximum atomic E-state index is 15.5. The smallest absolute Gasteiger partial charge is 0.188 e. The molecule has 0 aliphatic rings. The van der Waals surface area contributed by atoms with E-state index in [2.05, 4.69) is 20.1 Å². The van der Waals surface area contributed by atoms with Crippen LogP contribution < -0.4 is 14.4 Å². The number of ether oxygens (including phenoxy) is 3. The van der Waals surface area contributed by atoms with Crippen molar-refractivity contribution in [1.29, 1.82) is 0 Å². The number of hydrogen-bond donors (Lipinski definition) is 1. The normalized spacial score (nSPS) is 12.2. The van der Waals surface area contributed by atoms with Crippen molar-refractivity contribution >= 4 is 22.7 Å². The van der Waals surface area contributed by atoms with Gasteiger partial charge in [-0.1, -0.05) is 0 Å². The lowest BCUT2D eigenvalue weighted by molar-refractivity contribution is 0.00958. The zero-order chi connectivity index (χ0) is 25.8. The Kier molecular flexibility index (Phi) is 7.61. The number of aliphatic hydroxyl groups excluding tert-OH is 1. The highest BCUT2D eigenvalue weighted by atomic mass is 19.1. The average molecular weight is 497 g/mol. The second-order valence-corrected chi connectivity index (χ2v) is 8.48. The quantitative estimate of drug-likeness (QED) is 0.353. The van der Waals surface area contributed by atoms with Gasteiger partial charge in [0.15, 0.2) is 17.2 Å². The predicted octanol–water partition coefficient (Wildman–Crippen LogP) is 3.51. The molecule has 0 saturated carbocycles. The number of hydrogen-bond acceptors (Lipinski definition) is 9. The van der Waals surface area contributed by atoms with Crippen molar-refractivity contribution in [2.45, 2.75) is 26.1 Å². The Bertz CT molecular complexity index is 1350. The maximum absolute atomic E-state index is 15.5. The molecule has 3 heterocycles. The van der Waals surface area contributed by atoms with Crippen LogP contribution in [0.1, 0.15) is 13.8 Å². The van der Waals surface area contributed by atoms with E-state index in [0.29, 0.717) is 28.4 Å². The number of anilines is 2. The minimum absolute atomic E-state index is 0.00159. The summed E-state index contributed by atoms with van der Waals surface area (Å²) in [4.78, 5) is 15.3. The van der Waals surface area contributed by atoms with Crippen LogP contribution in [0.15, 0.2) is 42.9 Å². The van der Waals surface area contributed by atoms with Gasteiger partial charge in [-0.3, -0.25) is 9.67 Å². The second kappa shape index (κ2) is 10.8. The number of halogens is 1. The van der Waals surface area contributed by atoms with E-state index in [0.717, 1.165) is 5.56 Å². The Morgan fingerprint density at radius 1 is 1.11 bits per heavy atom. The van der Waals surface area contributed by atoms with E-state index in [1.54, 1.807) is 34.1 Å². The second-order valence-electron chi connectivity index (χ2n) is 8.48. The summed E-state index contributed by atoms with van der Waals surface area (Å²) in [6, 6.07) is 6.42. The van der Waals surface area contributed by atoms with E-state index in [-0.39, 0.29) is 30.7 Å². The van der Waals surface area contributed by atoms with Crippen molar-refractivity contribution in [1.82, 2.24) is 24.7 Å². The third kappa shape index (κ3) is 5.52. The van der Waals surface area contributed by atoms with E-state index >= 15 is 4.39 Å². The molecule has 4 rings (SSSR count). The van der Waals surface area contributed by atoms with Gasteiger partial charge < -0.3 is 24.2 Å². The summed E-state index contributed by atoms with van der Waals surface area (Å²) in [6.45, 7) is 3.81. The molecule has 1 atom stereocenters. The van der Waals surface area contributed by atoms with Crippen LogP contribution in [0.3, 0.4) is 0 Å². The van der Waals surface area contributed by atoms with Crippen LogP contribution in [0.4, 0.5) is 15.9 Å². The van der Waals surface area contributed by atoms with Crippen LogP contribution in [0, 0.1) is 5.82 Å². The monoisotopic (exact) mass is 496 g/mol. The zero-order valence-corrected chi connectivity index (χ0v) is 20.8. The molecule has 0 radical (unpaired) electrons. The van der Waals surface area contributed by atoms with Gasteiger partial charge in [-0.25, -0.2) is 14.4 Å². The van der Waals surface area contributed by atoms with Gasteiger partial charge in [-0.05, 0) is 26.0 Å². The van der Waals surface area contributed by atoms with Crippen molar-refractivity contribution in [3.05, 3.63) is 48.7 Å². The number of aromatic nitrogens is 5. The molecule has 1 N–H and O–H groups in total. The van der Waals surface area contributed by atoms with Crippen LogP contribution in [-0.2, 0) is 11.8 Å². The lowest BCUT2D eigenvalue weighted by atomic mass is 10.2. The zero-order valence-electron chi connectivity index (χ0n) is 20.8. The van der Waals surface area contributed by atoms with Crippen LogP contribution in [-0.4, -0.2) is 69.4 Å². The van der Waals surface area contributed by atoms with Crippen LogP contribution in [0.25, 0.3) is 22.4 Å². The molecule has 0 aliphatic carbocycles. The standard InChI is InChI=1S/C25H29FN6O4/c1-15(2)36-14-17(33)13-32(21-8-18(34-4)9-22(35-5)24(21)26)23-7-6-19-25(30-23)29-20(11-27-19)16-10-28-31(3)12-16/h6-12,15,17,33H,13-14H2,1-5H3. The van der Waals surface area contributed by atoms with Crippen LogP contribution in [0.2, 0.25) is 0 Å². The molecule has 1 unspecified atom stereocenters. The number of fused-ring (bicyclic) bond motifs is 1. The van der Waals surface area contributed by atoms with Gasteiger partial charge >= 0.3 is 0 Å². The number of rotatable bonds is 10. The van der Waals surface area contributed by atoms with Crippen molar-refractivity contribution in [2.75, 3.05) is 32.3 Å². The van der Waals surface area contributed by atoms with E-state index in [1.807, 2.05) is 27.1 Å². The topological polar surface area (TPSA) is 108 Å². The molecule has 0 amide bonds. The van der Waals surface area contributed by atoms with E-state index in [9.17, 15) is 5.11 Å². The molecule has 0 saturated heterocycles. The summed E-state index contributed by atoms with van der Waals surface area (Å²) < 4.78 is 33.3. The minimum Gasteiger partial charge on any atom is -0.497 e. The molecule has 11 heteroatoms. The van der Waals surface area contributed by atoms with Crippen molar-refractivity contribution in [2.24, 2.45) is 7.05 Å². The molecule has 4 aromatic rings. The summed E-state index contributed by atoms with van der Waals surface area (Å²) in [6.07, 6.45) is 4.17. The highest BCUT2D eigenvalue weighted by Crippen LogP contribution is 2.36. The molecule has 3 aromatic heterocycles. The largest absolute Gasteiger partial charge is 0.497 e. The molecule has 10 nitrogen and oxygen atoms in total. The third-order valence-corrected chi connectivity index (χ3v) is 5.42. The maximum Gasteiger partial charge on any atom is 0.188 e. The Morgan fingerprint density at radius 3 is 2.58 bits per heavy atom. The summed E-state index contributed by atoms with van der Waals surface area (Å²) in [7, 11) is 4.68. The number of methoxy groups -OCH3 is 2. The summed E-state index contributed by atoms with van der Waals surface area (Å²) >= 11 is 0. The van der Waals surface area contributed by atoms with Crippen molar-refractivity contribution in [3.8, 4) is 22.8 Å². The van der Waals surface area contributed by atoms with Gasteiger partial charge in [0.2, 0.25) is 0 Å². The van der Waals surface area contributed by atoms with Crippen molar-refractivity contribution in [3.63, 3.8) is 0 Å². The fraction of sp³-hybridized carbons (Fsp3) is 0.360. The number of pyridine rings is 1. The summed E-state index contributed by atoms with van der Waals surface area (Å²) in [5.74, 6) is 0.132. The minimum atomic E-state index is -0.936. The molecule has 0 aliphatic heterocycles. The molecule has 0 fully saturated rings. The molecule has 0 bridgehead atoms. The van der Waals surface area contributed by atoms with Gasteiger partial charge in [-0.2, -0.15) is 5.10 Å². The van der Waals surface area contributed by atoms with E-state index in [4.69, 9.17) is 14.2 Å². The molecule has 1 aromatic carbocycles. The molecular weight excluding hydrogens is 467 g/mol. The highest BCUT2D eigenvalue weighted by Gasteiger charge is 2.24. The molecule has 36 heavy (non-hydrogen) atoms. The van der Waals surface area contributed by atoms with Gasteiger partial charge in [0.05, 0.1) is 63.4 Å². The average Bonchev–Trinajstić information content (AvgIpc) is 3.32. The molecular formula is C25H29FN6O4. The van der Waals surface area contributed by atoms with Gasteiger partial charge in [0, 0.05) is 30.9 Å². The lowest BCUT2D eigenvalue weighted by Crippen LogP contribution is -2.33. The third-order valence-electron chi connectivity index (χ3n) is 5.42. The van der Waals surface area contributed by atoms with Gasteiger partial charge in [0.25, 0.3) is 0 Å². The Morgan fingerprint density at radius 2 is 1.92 bits per heavy atom. The molecule has 0 spiro atoms. The fourth-order valence-corrected chi connectivity index (χ4v) is 3.63. The first-order valence-electron chi connectivity index (χ1n) is 11.4. The Labute approximate surface area is 208 Å². The molecule has 190 valence electrons. The van der Waals surface area contributed by atoms with Crippen LogP contribution >= 0.6 is 0 Å². The van der Waals surface area contributed by atoms with Gasteiger partial charge in [-0.15, -0.1) is 0 Å². The summed E-state index contributed by atoms with van der Waals surface area (Å²) in [5, 5.41) is 14.9. The lowest BCUT2D eigenvalue weighted by Gasteiger charge is -2.28. The van der Waals surface area contributed by atoms with Crippen LogP contribution in [0.5, 0.6) is 11.5 Å². The van der Waals surface area contributed by atoms with E-state index in [1.165, 1.54) is 26.4 Å². The van der Waals surface area contributed by atoms with Crippen molar-refractivity contribution < 1.29 is 23.7 Å². The number of aliphatic hydroxyl groups is 1. The first kappa shape index (κ1) is 25.3. The van der Waals surface area contributed by atoms with Gasteiger partial charge in [0.1, 0.15) is 17.1 Å². The first-order valence-corrected chi connectivity index (χ1v) is 11.4. The SMILES string of the molecule is COc1cc(OC)c(F)c(N(CC(O)COC(C)C)c2ccc3ncc(-c4cnn(C)c4)nc3n2)c1. The van der Waals surface area contributed by atoms with E-state index < -0.39 is 11.9 Å². The fourth-order valence-electron chi connectivity index (χ4n) is 3.63. The first-order chi connectivity index (χ1) is 17.3. The predicted molar refractivity (Wildman–Crippen MR) is 133 cm³/mol. The number of nitrogens with zero attached hydrogens (tertiary/aromatic N) is 6. The highest BCUT2D eigenvalue weighted by molar-refractivity contribution is 5.77.